The van der Waals surface area contributed by atoms with E-state index in [1.807, 2.05) is 57.2 Å². The number of aryl methyl sites for hydroxylation is 2. The molecule has 0 spiro atoms. The van der Waals surface area contributed by atoms with Gasteiger partial charge in [0.1, 0.15) is 11.6 Å². The van der Waals surface area contributed by atoms with Gasteiger partial charge >= 0.3 is 0 Å². The van der Waals surface area contributed by atoms with Crippen molar-refractivity contribution in [2.45, 2.75) is 47.0 Å². The van der Waals surface area contributed by atoms with E-state index in [2.05, 4.69) is 54.9 Å². The van der Waals surface area contributed by atoms with E-state index in [1.54, 1.807) is 6.08 Å². The van der Waals surface area contributed by atoms with Gasteiger partial charge in [0.2, 0.25) is 0 Å². The van der Waals surface area contributed by atoms with Gasteiger partial charge in [0.15, 0.2) is 0 Å². The van der Waals surface area contributed by atoms with Crippen LogP contribution in [-0.4, -0.2) is 10.5 Å². The summed E-state index contributed by atoms with van der Waals surface area (Å²) in [5, 5.41) is 12.4. The van der Waals surface area contributed by atoms with E-state index in [1.165, 1.54) is 5.56 Å². The number of carbonyl (C=O) groups excluding carboxylic acids is 1. The number of carbonyl (C=O) groups is 1. The van der Waals surface area contributed by atoms with E-state index in [-0.39, 0.29) is 11.0 Å². The zero-order valence-corrected chi connectivity index (χ0v) is 19.1. The molecule has 3 rings (SSSR count). The Morgan fingerprint density at radius 1 is 1.00 bits per heavy atom. The number of rotatable bonds is 4. The Bertz CT molecular complexity index is 1170. The van der Waals surface area contributed by atoms with Gasteiger partial charge < -0.3 is 9.88 Å². The summed E-state index contributed by atoms with van der Waals surface area (Å²) in [5.41, 5.74) is 7.17. The van der Waals surface area contributed by atoms with Crippen LogP contribution in [0.15, 0.2) is 60.2 Å². The van der Waals surface area contributed by atoms with Gasteiger partial charge in [-0.25, -0.2) is 0 Å². The first-order chi connectivity index (χ1) is 14.6. The Hall–Kier alpha value is -3.58. The van der Waals surface area contributed by atoms with Gasteiger partial charge in [-0.1, -0.05) is 50.6 Å². The van der Waals surface area contributed by atoms with Gasteiger partial charge in [0.05, 0.1) is 0 Å². The largest absolute Gasteiger partial charge is 0.321 e. The van der Waals surface area contributed by atoms with Crippen molar-refractivity contribution in [3.05, 3.63) is 88.2 Å². The summed E-state index contributed by atoms with van der Waals surface area (Å²) in [7, 11) is 0. The first kappa shape index (κ1) is 22.1. The molecule has 1 amide bonds. The van der Waals surface area contributed by atoms with Crippen molar-refractivity contribution in [3.63, 3.8) is 0 Å². The molecule has 0 aliphatic heterocycles. The van der Waals surface area contributed by atoms with Gasteiger partial charge in [-0.05, 0) is 73.7 Å². The molecule has 0 unspecified atom stereocenters. The van der Waals surface area contributed by atoms with Crippen molar-refractivity contribution in [2.24, 2.45) is 0 Å². The summed E-state index contributed by atoms with van der Waals surface area (Å²) in [6.07, 6.45) is 1.66. The second kappa shape index (κ2) is 8.65. The van der Waals surface area contributed by atoms with E-state index in [4.69, 9.17) is 0 Å². The van der Waals surface area contributed by atoms with Gasteiger partial charge in [-0.2, -0.15) is 5.26 Å². The van der Waals surface area contributed by atoms with E-state index in [0.717, 1.165) is 28.2 Å². The minimum atomic E-state index is -0.411. The van der Waals surface area contributed by atoms with Crippen molar-refractivity contribution in [1.82, 2.24) is 4.57 Å². The van der Waals surface area contributed by atoms with Crippen LogP contribution in [0.25, 0.3) is 11.8 Å². The number of nitriles is 1. The molecule has 4 nitrogen and oxygen atoms in total. The fraction of sp³-hybridized carbons (Fsp3) is 0.259. The molecule has 1 aromatic heterocycles. The number of anilines is 1. The van der Waals surface area contributed by atoms with Gasteiger partial charge in [0, 0.05) is 22.8 Å². The molecule has 158 valence electrons. The lowest BCUT2D eigenvalue weighted by molar-refractivity contribution is -0.112. The highest BCUT2D eigenvalue weighted by atomic mass is 16.1. The molecule has 1 heterocycles. The SMILES string of the molecule is Cc1ccc(NC(=O)/C(C#N)=C\c2cc(C)n(-c3ccc(C(C)(C)C)cc3)c2C)cc1. The molecule has 31 heavy (non-hydrogen) atoms. The average molecular weight is 412 g/mol. The van der Waals surface area contributed by atoms with Gasteiger partial charge in [-0.15, -0.1) is 0 Å². The van der Waals surface area contributed by atoms with E-state index in [9.17, 15) is 10.1 Å². The summed E-state index contributed by atoms with van der Waals surface area (Å²) < 4.78 is 2.14. The molecule has 1 N–H and O–H groups in total. The maximum absolute atomic E-state index is 12.6. The molecular formula is C27H29N3O. The summed E-state index contributed by atoms with van der Waals surface area (Å²) >= 11 is 0. The third-order valence-corrected chi connectivity index (χ3v) is 5.44. The second-order valence-electron chi connectivity index (χ2n) is 8.95. The summed E-state index contributed by atoms with van der Waals surface area (Å²) in [6, 6.07) is 20.1. The maximum Gasteiger partial charge on any atom is 0.266 e. The molecule has 0 aliphatic rings. The van der Waals surface area contributed by atoms with Crippen molar-refractivity contribution in [2.75, 3.05) is 5.32 Å². The minimum absolute atomic E-state index is 0.0731. The summed E-state index contributed by atoms with van der Waals surface area (Å²) in [4.78, 5) is 12.6. The highest BCUT2D eigenvalue weighted by Crippen LogP contribution is 2.27. The zero-order valence-electron chi connectivity index (χ0n) is 19.1. The normalized spacial score (nSPS) is 11.8. The van der Waals surface area contributed by atoms with Crippen LogP contribution in [-0.2, 0) is 10.2 Å². The van der Waals surface area contributed by atoms with Crippen LogP contribution in [0.2, 0.25) is 0 Å². The summed E-state index contributed by atoms with van der Waals surface area (Å²) in [5.74, 6) is -0.411. The average Bonchev–Trinajstić information content (AvgIpc) is 3.00. The predicted molar refractivity (Wildman–Crippen MR) is 127 cm³/mol. The number of hydrogen-bond donors (Lipinski definition) is 1. The van der Waals surface area contributed by atoms with Crippen LogP contribution >= 0.6 is 0 Å². The lowest BCUT2D eigenvalue weighted by atomic mass is 9.87. The quantitative estimate of drug-likeness (QED) is 0.408. The molecule has 0 saturated carbocycles. The van der Waals surface area contributed by atoms with Crippen molar-refractivity contribution >= 4 is 17.7 Å². The highest BCUT2D eigenvalue weighted by molar-refractivity contribution is 6.09. The molecule has 2 aromatic carbocycles. The van der Waals surface area contributed by atoms with Crippen LogP contribution in [0, 0.1) is 32.1 Å². The third kappa shape index (κ3) is 4.95. The molecule has 0 aliphatic carbocycles. The topological polar surface area (TPSA) is 57.8 Å². The minimum Gasteiger partial charge on any atom is -0.321 e. The Labute approximate surface area is 184 Å². The standard InChI is InChI=1S/C27H29N3O/c1-18-7-11-24(12-8-18)29-26(31)22(17-28)16-21-15-19(2)30(20(21)3)25-13-9-23(10-14-25)27(4,5)6/h7-16H,1-6H3,(H,29,31)/b22-16-. The van der Waals surface area contributed by atoms with Crippen molar-refractivity contribution in [1.29, 1.82) is 5.26 Å². The zero-order chi connectivity index (χ0) is 22.8. The second-order valence-corrected chi connectivity index (χ2v) is 8.95. The molecule has 4 heteroatoms. The van der Waals surface area contributed by atoms with E-state index in [0.29, 0.717) is 5.69 Å². The number of hydrogen-bond acceptors (Lipinski definition) is 2. The number of nitrogens with zero attached hydrogens (tertiary/aromatic N) is 2. The van der Waals surface area contributed by atoms with Crippen LogP contribution in [0.4, 0.5) is 5.69 Å². The lowest BCUT2D eigenvalue weighted by Gasteiger charge is -2.20. The molecule has 0 atom stereocenters. The van der Waals surface area contributed by atoms with Crippen LogP contribution in [0.5, 0.6) is 0 Å². The Morgan fingerprint density at radius 3 is 2.16 bits per heavy atom. The van der Waals surface area contributed by atoms with Crippen molar-refractivity contribution in [3.8, 4) is 11.8 Å². The molecule has 3 aromatic rings. The van der Waals surface area contributed by atoms with Crippen LogP contribution < -0.4 is 5.32 Å². The van der Waals surface area contributed by atoms with Gasteiger partial charge in [0.25, 0.3) is 5.91 Å². The van der Waals surface area contributed by atoms with Gasteiger partial charge in [-0.3, -0.25) is 4.79 Å². The number of nitrogens with one attached hydrogen (secondary N) is 1. The molecule has 0 bridgehead atoms. The fourth-order valence-electron chi connectivity index (χ4n) is 3.58. The van der Waals surface area contributed by atoms with Crippen molar-refractivity contribution < 1.29 is 4.79 Å². The number of benzene rings is 2. The predicted octanol–water partition coefficient (Wildman–Crippen LogP) is 6.25. The lowest BCUT2D eigenvalue weighted by Crippen LogP contribution is -2.13. The number of amides is 1. The molecule has 0 fully saturated rings. The number of aromatic nitrogens is 1. The molecular weight excluding hydrogens is 382 g/mol. The maximum atomic E-state index is 12.6. The van der Waals surface area contributed by atoms with Crippen LogP contribution in [0.1, 0.15) is 48.8 Å². The Balaban J connectivity index is 1.91. The first-order valence-corrected chi connectivity index (χ1v) is 10.4. The first-order valence-electron chi connectivity index (χ1n) is 10.4. The summed E-state index contributed by atoms with van der Waals surface area (Å²) in [6.45, 7) is 12.6. The van der Waals surface area contributed by atoms with Crippen LogP contribution in [0.3, 0.4) is 0 Å². The monoisotopic (exact) mass is 411 g/mol. The smallest absolute Gasteiger partial charge is 0.266 e. The Morgan fingerprint density at radius 2 is 1.61 bits per heavy atom. The Kier molecular flexibility index (Phi) is 6.17. The van der Waals surface area contributed by atoms with E-state index < -0.39 is 5.91 Å². The molecule has 0 radical (unpaired) electrons. The highest BCUT2D eigenvalue weighted by Gasteiger charge is 2.16. The van der Waals surface area contributed by atoms with E-state index >= 15 is 0 Å². The fourth-order valence-corrected chi connectivity index (χ4v) is 3.58. The molecule has 0 saturated heterocycles. The third-order valence-electron chi connectivity index (χ3n) is 5.44.